The lowest BCUT2D eigenvalue weighted by atomic mass is 10.1. The van der Waals surface area contributed by atoms with Crippen LogP contribution in [-0.4, -0.2) is 12.3 Å². The summed E-state index contributed by atoms with van der Waals surface area (Å²) in [5.74, 6) is 2.69. The van der Waals surface area contributed by atoms with E-state index in [1.165, 1.54) is 12.1 Å². The fraction of sp³-hybridized carbons (Fsp3) is 0.172. The Bertz CT molecular complexity index is 1450. The van der Waals surface area contributed by atoms with Crippen molar-refractivity contribution in [1.82, 2.24) is 5.32 Å². The van der Waals surface area contributed by atoms with Gasteiger partial charge < -0.3 is 19.8 Å². The van der Waals surface area contributed by atoms with Crippen LogP contribution in [0.25, 0.3) is 23.6 Å². The van der Waals surface area contributed by atoms with Gasteiger partial charge in [-0.3, -0.25) is 0 Å². The van der Waals surface area contributed by atoms with E-state index in [1.54, 1.807) is 24.3 Å². The lowest BCUT2D eigenvalue weighted by Gasteiger charge is -2.12. The highest BCUT2D eigenvalue weighted by Crippen LogP contribution is 2.29. The van der Waals surface area contributed by atoms with Crippen LogP contribution in [0.1, 0.15) is 18.2 Å². The summed E-state index contributed by atoms with van der Waals surface area (Å²) in [5.41, 5.74) is 3.44. The number of halogens is 2. The first-order chi connectivity index (χ1) is 17.4. The molecule has 0 bridgehead atoms. The molecule has 7 heteroatoms. The molecule has 0 aliphatic heterocycles. The molecule has 1 heterocycles. The normalized spacial score (nSPS) is 11.9. The molecule has 0 unspecified atom stereocenters. The van der Waals surface area contributed by atoms with Gasteiger partial charge in [0, 0.05) is 34.5 Å². The van der Waals surface area contributed by atoms with Crippen LogP contribution in [0.4, 0.5) is 10.1 Å². The summed E-state index contributed by atoms with van der Waals surface area (Å²) in [6.45, 7) is 7.89. The molecular weight excluding hydrogens is 495 g/mol. The van der Waals surface area contributed by atoms with Gasteiger partial charge in [0.05, 0.1) is 11.6 Å². The van der Waals surface area contributed by atoms with E-state index in [2.05, 4.69) is 35.9 Å². The van der Waals surface area contributed by atoms with Crippen LogP contribution in [0.5, 0.6) is 5.75 Å². The number of anilines is 1. The van der Waals surface area contributed by atoms with Crippen LogP contribution in [0.3, 0.4) is 0 Å². The fourth-order valence-corrected chi connectivity index (χ4v) is 4.16. The summed E-state index contributed by atoms with van der Waals surface area (Å²) >= 11 is 10.7. The largest absolute Gasteiger partial charge is 0.487 e. The Morgan fingerprint density at radius 1 is 1.08 bits per heavy atom. The molecule has 0 atom stereocenters. The Labute approximate surface area is 220 Å². The fourth-order valence-electron chi connectivity index (χ4n) is 3.76. The topological polar surface area (TPSA) is 46.4 Å². The van der Waals surface area contributed by atoms with Crippen molar-refractivity contribution in [2.24, 2.45) is 0 Å². The molecule has 4 rings (SSSR count). The summed E-state index contributed by atoms with van der Waals surface area (Å²) in [6, 6.07) is 21.8. The van der Waals surface area contributed by atoms with Crippen LogP contribution in [0.2, 0.25) is 5.02 Å². The van der Waals surface area contributed by atoms with Crippen LogP contribution < -0.4 is 25.8 Å². The van der Waals surface area contributed by atoms with E-state index in [0.29, 0.717) is 17.3 Å². The third-order valence-corrected chi connectivity index (χ3v) is 6.11. The minimum absolute atomic E-state index is 0.229. The van der Waals surface area contributed by atoms with Crippen molar-refractivity contribution < 1.29 is 13.5 Å². The highest BCUT2D eigenvalue weighted by molar-refractivity contribution is 7.80. The molecule has 3 aromatic carbocycles. The molecule has 4 aromatic rings. The van der Waals surface area contributed by atoms with E-state index in [4.69, 9.17) is 20.8 Å². The second kappa shape index (κ2) is 12.2. The van der Waals surface area contributed by atoms with Gasteiger partial charge in [-0.2, -0.15) is 12.6 Å². The standard InChI is InChI=1S/C29H28ClFN2O2S/c1-19-6-7-22(28-11-9-25(35-28)17-32-12-13-36)15-26(19)20(2)33-24-8-10-29(27(30)16-24)34-18-21-4-3-5-23(31)14-21/h3-11,14-16,32-33,36H,1,12-13,17-18H2,2H3/b26-20+. The highest BCUT2D eigenvalue weighted by Gasteiger charge is 2.08. The predicted molar refractivity (Wildman–Crippen MR) is 149 cm³/mol. The van der Waals surface area contributed by atoms with Gasteiger partial charge in [0.2, 0.25) is 0 Å². The smallest absolute Gasteiger partial charge is 0.138 e. The van der Waals surface area contributed by atoms with Gasteiger partial charge in [-0.25, -0.2) is 4.39 Å². The third-order valence-electron chi connectivity index (χ3n) is 5.59. The number of thiol groups is 1. The van der Waals surface area contributed by atoms with Gasteiger partial charge in [-0.15, -0.1) is 0 Å². The van der Waals surface area contributed by atoms with E-state index < -0.39 is 0 Å². The summed E-state index contributed by atoms with van der Waals surface area (Å²) < 4.78 is 25.2. The zero-order valence-electron chi connectivity index (χ0n) is 20.0. The van der Waals surface area contributed by atoms with Crippen LogP contribution >= 0.6 is 24.2 Å². The van der Waals surface area contributed by atoms with E-state index in [9.17, 15) is 4.39 Å². The summed E-state index contributed by atoms with van der Waals surface area (Å²) in [6.07, 6.45) is 0. The average Bonchev–Trinajstić information content (AvgIpc) is 3.33. The van der Waals surface area contributed by atoms with Crippen molar-refractivity contribution in [2.45, 2.75) is 20.1 Å². The average molecular weight is 523 g/mol. The highest BCUT2D eigenvalue weighted by atomic mass is 35.5. The SMILES string of the molecule is C=c1ccc(-c2ccc(CNCCS)o2)c/c1=C(/C)Nc1ccc(OCc2cccc(F)c2)c(Cl)c1. The van der Waals surface area contributed by atoms with Crippen molar-refractivity contribution in [2.75, 3.05) is 17.6 Å². The van der Waals surface area contributed by atoms with Crippen molar-refractivity contribution in [1.29, 1.82) is 0 Å². The molecule has 0 radical (unpaired) electrons. The number of nitrogens with one attached hydrogen (secondary N) is 2. The molecule has 0 saturated carbocycles. The quantitative estimate of drug-likeness (QED) is 0.177. The molecule has 0 amide bonds. The molecular formula is C29H28ClFN2O2S. The van der Waals surface area contributed by atoms with Crippen LogP contribution in [0.15, 0.2) is 77.2 Å². The van der Waals surface area contributed by atoms with Gasteiger partial charge in [0.15, 0.2) is 0 Å². The number of furan rings is 1. The minimum Gasteiger partial charge on any atom is -0.487 e. The Hall–Kier alpha value is -3.19. The maximum atomic E-state index is 13.4. The van der Waals surface area contributed by atoms with Gasteiger partial charge in [-0.1, -0.05) is 42.4 Å². The van der Waals surface area contributed by atoms with Crippen molar-refractivity contribution in [3.8, 4) is 17.1 Å². The molecule has 4 nitrogen and oxygen atoms in total. The van der Waals surface area contributed by atoms with Gasteiger partial charge in [0.25, 0.3) is 0 Å². The maximum Gasteiger partial charge on any atom is 0.138 e. The Balaban J connectivity index is 1.49. The van der Waals surface area contributed by atoms with Gasteiger partial charge in [-0.05, 0) is 66.2 Å². The number of hydrogen-bond acceptors (Lipinski definition) is 5. The van der Waals surface area contributed by atoms with Gasteiger partial charge >= 0.3 is 0 Å². The third kappa shape index (κ3) is 6.72. The van der Waals surface area contributed by atoms with Crippen molar-refractivity contribution >= 4 is 42.2 Å². The zero-order valence-corrected chi connectivity index (χ0v) is 21.6. The van der Waals surface area contributed by atoms with Crippen LogP contribution in [0, 0.1) is 5.82 Å². The second-order valence-corrected chi connectivity index (χ2v) is 9.21. The van der Waals surface area contributed by atoms with Crippen LogP contribution in [-0.2, 0) is 13.2 Å². The molecule has 1 aromatic heterocycles. The predicted octanol–water partition coefficient (Wildman–Crippen LogP) is 5.99. The van der Waals surface area contributed by atoms with E-state index in [1.807, 2.05) is 37.3 Å². The monoisotopic (exact) mass is 522 g/mol. The Morgan fingerprint density at radius 3 is 2.72 bits per heavy atom. The molecule has 36 heavy (non-hydrogen) atoms. The second-order valence-electron chi connectivity index (χ2n) is 8.35. The summed E-state index contributed by atoms with van der Waals surface area (Å²) in [7, 11) is 0. The molecule has 0 spiro atoms. The first-order valence-corrected chi connectivity index (χ1v) is 12.6. The van der Waals surface area contributed by atoms with Gasteiger partial charge in [0.1, 0.15) is 29.7 Å². The maximum absolute atomic E-state index is 13.4. The molecule has 0 aliphatic rings. The number of rotatable bonds is 10. The molecule has 0 fully saturated rings. The molecule has 0 aliphatic carbocycles. The molecule has 0 saturated heterocycles. The molecule has 186 valence electrons. The van der Waals surface area contributed by atoms with Crippen molar-refractivity contribution in [3.05, 3.63) is 105 Å². The summed E-state index contributed by atoms with van der Waals surface area (Å²) in [5, 5.41) is 9.02. The minimum atomic E-state index is -0.296. The number of ether oxygens (including phenoxy) is 1. The first kappa shape index (κ1) is 25.9. The Morgan fingerprint density at radius 2 is 1.94 bits per heavy atom. The van der Waals surface area contributed by atoms with E-state index in [-0.39, 0.29) is 12.4 Å². The lowest BCUT2D eigenvalue weighted by Crippen LogP contribution is -2.27. The zero-order chi connectivity index (χ0) is 25.5. The number of benzene rings is 3. The van der Waals surface area contributed by atoms with E-state index in [0.717, 1.165) is 56.8 Å². The lowest BCUT2D eigenvalue weighted by molar-refractivity contribution is 0.306. The van der Waals surface area contributed by atoms with E-state index >= 15 is 0 Å². The molecule has 2 N–H and O–H groups in total. The Kier molecular flexibility index (Phi) is 8.75. The summed E-state index contributed by atoms with van der Waals surface area (Å²) in [4.78, 5) is 0. The number of hydrogen-bond donors (Lipinski definition) is 3. The van der Waals surface area contributed by atoms with Crippen molar-refractivity contribution in [3.63, 3.8) is 0 Å². The first-order valence-electron chi connectivity index (χ1n) is 11.6.